The third-order valence-electron chi connectivity index (χ3n) is 3.47. The molecule has 0 saturated carbocycles. The van der Waals surface area contributed by atoms with Crippen LogP contribution in [0.1, 0.15) is 41.0 Å². The van der Waals surface area contributed by atoms with Crippen molar-refractivity contribution in [3.63, 3.8) is 0 Å². The highest BCUT2D eigenvalue weighted by Gasteiger charge is 2.12. The van der Waals surface area contributed by atoms with Gasteiger partial charge in [-0.05, 0) is 48.9 Å². The van der Waals surface area contributed by atoms with Crippen LogP contribution in [0.2, 0.25) is 5.02 Å². The fraction of sp³-hybridized carbons (Fsp3) is 0.211. The lowest BCUT2D eigenvalue weighted by Crippen LogP contribution is -2.24. The molecule has 0 heterocycles. The van der Waals surface area contributed by atoms with E-state index < -0.39 is 0 Å². The van der Waals surface area contributed by atoms with Gasteiger partial charge in [0.25, 0.3) is 11.8 Å². The molecule has 26 heavy (non-hydrogen) atoms. The first-order valence-electron chi connectivity index (χ1n) is 8.17. The quantitative estimate of drug-likeness (QED) is 0.721. The zero-order valence-electron chi connectivity index (χ0n) is 14.6. The Bertz CT molecular complexity index is 819. The second kappa shape index (κ2) is 9.01. The number of carbonyl (C=O) groups is 3. The SMILES string of the molecule is CCCNC(=O)c1ccc(NC(=O)c2ccc(NC(C)=O)cc2)cc1Cl. The van der Waals surface area contributed by atoms with E-state index in [9.17, 15) is 14.4 Å². The third kappa shape index (κ3) is 5.32. The molecule has 0 aliphatic carbocycles. The smallest absolute Gasteiger partial charge is 0.255 e. The second-order valence-electron chi connectivity index (χ2n) is 5.66. The molecule has 2 rings (SSSR count). The average Bonchev–Trinajstić information content (AvgIpc) is 2.59. The average molecular weight is 374 g/mol. The number of amides is 3. The summed E-state index contributed by atoms with van der Waals surface area (Å²) in [6.45, 7) is 3.95. The van der Waals surface area contributed by atoms with Crippen molar-refractivity contribution in [2.75, 3.05) is 17.2 Å². The van der Waals surface area contributed by atoms with Gasteiger partial charge in [-0.3, -0.25) is 14.4 Å². The first-order chi connectivity index (χ1) is 12.4. The maximum atomic E-state index is 12.3. The van der Waals surface area contributed by atoms with Gasteiger partial charge in [0.05, 0.1) is 10.6 Å². The van der Waals surface area contributed by atoms with Crippen LogP contribution in [0.5, 0.6) is 0 Å². The normalized spacial score (nSPS) is 10.1. The Morgan fingerprint density at radius 2 is 1.58 bits per heavy atom. The van der Waals surface area contributed by atoms with Crippen molar-refractivity contribution < 1.29 is 14.4 Å². The molecule has 0 unspecified atom stereocenters. The van der Waals surface area contributed by atoms with Crippen molar-refractivity contribution in [2.45, 2.75) is 20.3 Å². The molecule has 0 fully saturated rings. The summed E-state index contributed by atoms with van der Waals surface area (Å²) in [6, 6.07) is 11.2. The minimum atomic E-state index is -0.321. The maximum absolute atomic E-state index is 12.3. The Balaban J connectivity index is 2.06. The van der Waals surface area contributed by atoms with Crippen molar-refractivity contribution in [1.29, 1.82) is 0 Å². The van der Waals surface area contributed by atoms with Crippen molar-refractivity contribution in [1.82, 2.24) is 5.32 Å². The van der Waals surface area contributed by atoms with E-state index in [1.165, 1.54) is 13.0 Å². The standard InChI is InChI=1S/C19H20ClN3O3/c1-3-10-21-19(26)16-9-8-15(11-17(16)20)23-18(25)13-4-6-14(7-5-13)22-12(2)24/h4-9,11H,3,10H2,1-2H3,(H,21,26)(H,22,24)(H,23,25). The van der Waals surface area contributed by atoms with E-state index >= 15 is 0 Å². The molecule has 2 aromatic rings. The summed E-state index contributed by atoms with van der Waals surface area (Å²) in [5, 5.41) is 8.37. The summed E-state index contributed by atoms with van der Waals surface area (Å²) in [5.41, 5.74) is 1.88. The molecule has 6 nitrogen and oxygen atoms in total. The van der Waals surface area contributed by atoms with Gasteiger partial charge in [-0.25, -0.2) is 0 Å². The van der Waals surface area contributed by atoms with Gasteiger partial charge in [-0.15, -0.1) is 0 Å². The highest BCUT2D eigenvalue weighted by Crippen LogP contribution is 2.22. The maximum Gasteiger partial charge on any atom is 0.255 e. The summed E-state index contributed by atoms with van der Waals surface area (Å²) in [7, 11) is 0. The van der Waals surface area contributed by atoms with Crippen molar-refractivity contribution in [2.24, 2.45) is 0 Å². The molecule has 0 aliphatic heterocycles. The molecule has 3 N–H and O–H groups in total. The molecule has 7 heteroatoms. The van der Waals surface area contributed by atoms with Crippen LogP contribution in [0.4, 0.5) is 11.4 Å². The highest BCUT2D eigenvalue weighted by atomic mass is 35.5. The van der Waals surface area contributed by atoms with E-state index in [1.807, 2.05) is 6.92 Å². The van der Waals surface area contributed by atoms with Crippen LogP contribution in [0.3, 0.4) is 0 Å². The third-order valence-corrected chi connectivity index (χ3v) is 3.79. The van der Waals surface area contributed by atoms with Crippen LogP contribution >= 0.6 is 11.6 Å². The summed E-state index contributed by atoms with van der Waals surface area (Å²) >= 11 is 6.15. The number of nitrogens with one attached hydrogen (secondary N) is 3. The van der Waals surface area contributed by atoms with Crippen LogP contribution < -0.4 is 16.0 Å². The zero-order chi connectivity index (χ0) is 19.1. The monoisotopic (exact) mass is 373 g/mol. The van der Waals surface area contributed by atoms with E-state index in [0.29, 0.717) is 29.0 Å². The Morgan fingerprint density at radius 3 is 2.15 bits per heavy atom. The molecule has 2 aromatic carbocycles. The van der Waals surface area contributed by atoms with Crippen molar-refractivity contribution >= 4 is 40.7 Å². The Hall–Kier alpha value is -2.86. The Morgan fingerprint density at radius 1 is 0.923 bits per heavy atom. The summed E-state index contributed by atoms with van der Waals surface area (Å²) < 4.78 is 0. The fourth-order valence-electron chi connectivity index (χ4n) is 2.22. The lowest BCUT2D eigenvalue weighted by molar-refractivity contribution is -0.114. The summed E-state index contributed by atoms with van der Waals surface area (Å²) in [5.74, 6) is -0.748. The molecule has 0 aliphatic rings. The molecule has 0 spiro atoms. The van der Waals surface area contributed by atoms with Crippen LogP contribution in [-0.2, 0) is 4.79 Å². The lowest BCUT2D eigenvalue weighted by atomic mass is 10.1. The topological polar surface area (TPSA) is 87.3 Å². The summed E-state index contributed by atoms with van der Waals surface area (Å²) in [4.78, 5) is 35.3. The molecule has 0 bridgehead atoms. The Kier molecular flexibility index (Phi) is 6.74. The van der Waals surface area contributed by atoms with Crippen LogP contribution in [0.15, 0.2) is 42.5 Å². The predicted molar refractivity (Wildman–Crippen MR) is 103 cm³/mol. The number of carbonyl (C=O) groups excluding carboxylic acids is 3. The van der Waals surface area contributed by atoms with E-state index in [0.717, 1.165) is 6.42 Å². The number of benzene rings is 2. The predicted octanol–water partition coefficient (Wildman–Crippen LogP) is 3.69. The van der Waals surface area contributed by atoms with Gasteiger partial charge in [0.2, 0.25) is 5.91 Å². The number of halogens is 1. The van der Waals surface area contributed by atoms with Crippen LogP contribution in [0.25, 0.3) is 0 Å². The Labute approximate surface area is 156 Å². The van der Waals surface area contributed by atoms with Crippen LogP contribution in [0, 0.1) is 0 Å². The molecule has 136 valence electrons. The summed E-state index contributed by atoms with van der Waals surface area (Å²) in [6.07, 6.45) is 0.832. The van der Waals surface area contributed by atoms with E-state index in [1.54, 1.807) is 36.4 Å². The van der Waals surface area contributed by atoms with Gasteiger partial charge in [0.15, 0.2) is 0 Å². The van der Waals surface area contributed by atoms with Gasteiger partial charge in [-0.1, -0.05) is 18.5 Å². The first kappa shape index (κ1) is 19.5. The fourth-order valence-corrected chi connectivity index (χ4v) is 2.49. The molecule has 3 amide bonds. The number of rotatable bonds is 6. The van der Waals surface area contributed by atoms with Crippen molar-refractivity contribution in [3.8, 4) is 0 Å². The van der Waals surface area contributed by atoms with Gasteiger partial charge < -0.3 is 16.0 Å². The van der Waals surface area contributed by atoms with Gasteiger partial charge in [0.1, 0.15) is 0 Å². The number of anilines is 2. The second-order valence-corrected chi connectivity index (χ2v) is 6.07. The van der Waals surface area contributed by atoms with Gasteiger partial charge in [-0.2, -0.15) is 0 Å². The van der Waals surface area contributed by atoms with E-state index in [2.05, 4.69) is 16.0 Å². The molecular weight excluding hydrogens is 354 g/mol. The molecular formula is C19H20ClN3O3. The molecule has 0 saturated heterocycles. The van der Waals surface area contributed by atoms with Crippen LogP contribution in [-0.4, -0.2) is 24.3 Å². The van der Waals surface area contributed by atoms with E-state index in [-0.39, 0.29) is 22.7 Å². The lowest BCUT2D eigenvalue weighted by Gasteiger charge is -2.10. The van der Waals surface area contributed by atoms with Gasteiger partial charge >= 0.3 is 0 Å². The zero-order valence-corrected chi connectivity index (χ0v) is 15.3. The molecule has 0 atom stereocenters. The number of hydrogen-bond acceptors (Lipinski definition) is 3. The van der Waals surface area contributed by atoms with Crippen molar-refractivity contribution in [3.05, 3.63) is 58.6 Å². The highest BCUT2D eigenvalue weighted by molar-refractivity contribution is 6.34. The number of hydrogen-bond donors (Lipinski definition) is 3. The minimum Gasteiger partial charge on any atom is -0.352 e. The van der Waals surface area contributed by atoms with Gasteiger partial charge in [0, 0.05) is 30.4 Å². The minimum absolute atomic E-state index is 0.181. The molecule has 0 aromatic heterocycles. The first-order valence-corrected chi connectivity index (χ1v) is 8.55. The largest absolute Gasteiger partial charge is 0.352 e. The van der Waals surface area contributed by atoms with E-state index in [4.69, 9.17) is 11.6 Å². The molecule has 0 radical (unpaired) electrons.